The topological polar surface area (TPSA) is 20.2 Å². The van der Waals surface area contributed by atoms with Crippen molar-refractivity contribution >= 4 is 23.5 Å². The Labute approximate surface area is 102 Å². The lowest BCUT2D eigenvalue weighted by Gasteiger charge is -2.35. The molecule has 4 atom stereocenters. The van der Waals surface area contributed by atoms with Crippen molar-refractivity contribution in [2.75, 3.05) is 5.75 Å². The van der Waals surface area contributed by atoms with Crippen LogP contribution in [0.15, 0.2) is 0 Å². The van der Waals surface area contributed by atoms with Crippen molar-refractivity contribution < 1.29 is 5.11 Å². The van der Waals surface area contributed by atoms with Crippen LogP contribution in [0.5, 0.6) is 0 Å². The summed E-state index contributed by atoms with van der Waals surface area (Å²) >= 11 is 4.06. The number of aliphatic hydroxyl groups excluding tert-OH is 1. The third kappa shape index (κ3) is 2.86. The van der Waals surface area contributed by atoms with E-state index in [9.17, 15) is 5.11 Å². The maximum atomic E-state index is 10.3. The molecule has 0 radical (unpaired) electrons. The minimum absolute atomic E-state index is 0.0417. The van der Waals surface area contributed by atoms with E-state index in [0.717, 1.165) is 11.0 Å². The van der Waals surface area contributed by atoms with E-state index in [-0.39, 0.29) is 6.10 Å². The maximum absolute atomic E-state index is 10.3. The number of aliphatic hydroxyl groups is 1. The summed E-state index contributed by atoms with van der Waals surface area (Å²) in [7, 11) is 0. The number of hydrogen-bond acceptors (Lipinski definition) is 3. The molecule has 1 saturated carbocycles. The van der Waals surface area contributed by atoms with E-state index in [1.165, 1.54) is 25.7 Å². The average molecular weight is 246 g/mol. The summed E-state index contributed by atoms with van der Waals surface area (Å²) in [6.45, 7) is 4.61. The van der Waals surface area contributed by atoms with Crippen LogP contribution in [0, 0.1) is 5.92 Å². The molecule has 1 aliphatic carbocycles. The highest BCUT2D eigenvalue weighted by Gasteiger charge is 2.35. The van der Waals surface area contributed by atoms with E-state index in [4.69, 9.17) is 0 Å². The van der Waals surface area contributed by atoms with Crippen LogP contribution in [0.25, 0.3) is 0 Å². The van der Waals surface area contributed by atoms with Gasteiger partial charge < -0.3 is 5.11 Å². The van der Waals surface area contributed by atoms with Crippen LogP contribution in [0.4, 0.5) is 0 Å². The molecule has 2 aliphatic rings. The minimum atomic E-state index is -0.0417. The molecule has 2 rings (SSSR count). The minimum Gasteiger partial charge on any atom is -0.392 e. The quantitative estimate of drug-likeness (QED) is 0.808. The molecule has 0 spiro atoms. The first-order valence-corrected chi connectivity index (χ1v) is 8.12. The predicted octanol–water partition coefficient (Wildman–Crippen LogP) is 3.16. The van der Waals surface area contributed by atoms with Crippen LogP contribution in [0.3, 0.4) is 0 Å². The molecule has 88 valence electrons. The molecule has 1 nitrogen and oxygen atoms in total. The van der Waals surface area contributed by atoms with E-state index in [1.807, 2.05) is 23.5 Å². The van der Waals surface area contributed by atoms with Gasteiger partial charge in [0, 0.05) is 21.5 Å². The first-order valence-electron chi connectivity index (χ1n) is 6.13. The summed E-state index contributed by atoms with van der Waals surface area (Å²) in [5.41, 5.74) is 0. The highest BCUT2D eigenvalue weighted by molar-refractivity contribution is 8.07. The average Bonchev–Trinajstić information content (AvgIpc) is 2.74. The highest BCUT2D eigenvalue weighted by Crippen LogP contribution is 2.41. The van der Waals surface area contributed by atoms with E-state index in [1.54, 1.807) is 0 Å². The third-order valence-corrected chi connectivity index (χ3v) is 7.34. The van der Waals surface area contributed by atoms with Crippen molar-refractivity contribution in [1.82, 2.24) is 0 Å². The Morgan fingerprint density at radius 3 is 2.40 bits per heavy atom. The monoisotopic (exact) mass is 246 g/mol. The molecule has 0 aromatic heterocycles. The van der Waals surface area contributed by atoms with Gasteiger partial charge in [-0.2, -0.15) is 23.5 Å². The molecular formula is C12H22OS2. The van der Waals surface area contributed by atoms with Crippen molar-refractivity contribution in [1.29, 1.82) is 0 Å². The van der Waals surface area contributed by atoms with Crippen molar-refractivity contribution in [3.8, 4) is 0 Å². The Bertz CT molecular complexity index is 204. The molecule has 1 aliphatic heterocycles. The summed E-state index contributed by atoms with van der Waals surface area (Å²) in [6, 6.07) is 0. The molecule has 0 amide bonds. The molecule has 1 N–H and O–H groups in total. The van der Waals surface area contributed by atoms with E-state index >= 15 is 0 Å². The summed E-state index contributed by atoms with van der Waals surface area (Å²) in [5, 5.41) is 12.3. The molecule has 3 heteroatoms. The number of thioether (sulfide) groups is 2. The smallest absolute Gasteiger partial charge is 0.0695 e. The second-order valence-electron chi connectivity index (χ2n) is 4.95. The Balaban J connectivity index is 1.87. The summed E-state index contributed by atoms with van der Waals surface area (Å²) in [6.07, 6.45) is 5.13. The molecule has 0 aromatic rings. The Morgan fingerprint density at radius 1 is 1.13 bits per heavy atom. The molecule has 4 unspecified atom stereocenters. The SMILES string of the molecule is CC1SCC(C(O)C2CCCC2)SC1C. The van der Waals surface area contributed by atoms with Gasteiger partial charge in [0.05, 0.1) is 6.10 Å². The van der Waals surface area contributed by atoms with Gasteiger partial charge >= 0.3 is 0 Å². The molecular weight excluding hydrogens is 224 g/mol. The van der Waals surface area contributed by atoms with E-state index in [2.05, 4.69) is 13.8 Å². The number of rotatable bonds is 2. The molecule has 1 heterocycles. The Morgan fingerprint density at radius 2 is 1.80 bits per heavy atom. The van der Waals surface area contributed by atoms with Gasteiger partial charge in [-0.05, 0) is 18.8 Å². The lowest BCUT2D eigenvalue weighted by Crippen LogP contribution is -2.38. The molecule has 0 aromatic carbocycles. The Hall–Kier alpha value is 0.660. The van der Waals surface area contributed by atoms with Crippen LogP contribution >= 0.6 is 23.5 Å². The molecule has 0 bridgehead atoms. The zero-order valence-corrected chi connectivity index (χ0v) is 11.3. The van der Waals surface area contributed by atoms with Gasteiger partial charge in [-0.25, -0.2) is 0 Å². The summed E-state index contributed by atoms with van der Waals surface area (Å²) in [5.74, 6) is 1.75. The first kappa shape index (κ1) is 12.1. The van der Waals surface area contributed by atoms with Crippen molar-refractivity contribution in [2.24, 2.45) is 5.92 Å². The van der Waals surface area contributed by atoms with Gasteiger partial charge in [-0.3, -0.25) is 0 Å². The van der Waals surface area contributed by atoms with E-state index < -0.39 is 0 Å². The van der Waals surface area contributed by atoms with Gasteiger partial charge in [0.15, 0.2) is 0 Å². The third-order valence-electron chi connectivity index (χ3n) is 3.84. The summed E-state index contributed by atoms with van der Waals surface area (Å²) in [4.78, 5) is 0. The van der Waals surface area contributed by atoms with Crippen LogP contribution < -0.4 is 0 Å². The lowest BCUT2D eigenvalue weighted by atomic mass is 9.99. The van der Waals surface area contributed by atoms with Crippen LogP contribution in [0.1, 0.15) is 39.5 Å². The standard InChI is InChI=1S/C12H22OS2/c1-8-9(2)15-11(7-14-8)12(13)10-5-3-4-6-10/h8-13H,3-7H2,1-2H3. The highest BCUT2D eigenvalue weighted by atomic mass is 32.2. The van der Waals surface area contributed by atoms with Crippen molar-refractivity contribution in [3.05, 3.63) is 0 Å². The van der Waals surface area contributed by atoms with Crippen LogP contribution in [0.2, 0.25) is 0 Å². The van der Waals surface area contributed by atoms with Crippen LogP contribution in [-0.4, -0.2) is 32.7 Å². The van der Waals surface area contributed by atoms with Gasteiger partial charge in [0.25, 0.3) is 0 Å². The van der Waals surface area contributed by atoms with E-state index in [0.29, 0.717) is 16.4 Å². The zero-order valence-electron chi connectivity index (χ0n) is 9.69. The second-order valence-corrected chi connectivity index (χ2v) is 7.98. The molecule has 15 heavy (non-hydrogen) atoms. The van der Waals surface area contributed by atoms with Crippen LogP contribution in [-0.2, 0) is 0 Å². The zero-order chi connectivity index (χ0) is 10.8. The fraction of sp³-hybridized carbons (Fsp3) is 1.00. The van der Waals surface area contributed by atoms with Crippen molar-refractivity contribution in [2.45, 2.75) is 61.4 Å². The second kappa shape index (κ2) is 5.33. The Kier molecular flexibility index (Phi) is 4.31. The maximum Gasteiger partial charge on any atom is 0.0695 e. The largest absolute Gasteiger partial charge is 0.392 e. The van der Waals surface area contributed by atoms with Gasteiger partial charge in [-0.1, -0.05) is 26.7 Å². The van der Waals surface area contributed by atoms with Crippen molar-refractivity contribution in [3.63, 3.8) is 0 Å². The van der Waals surface area contributed by atoms with Gasteiger partial charge in [-0.15, -0.1) is 0 Å². The normalized spacial score (nSPS) is 40.6. The summed E-state index contributed by atoms with van der Waals surface area (Å²) < 4.78 is 0. The molecule has 1 saturated heterocycles. The van der Waals surface area contributed by atoms with Gasteiger partial charge in [0.1, 0.15) is 0 Å². The first-order chi connectivity index (χ1) is 7.18. The molecule has 2 fully saturated rings. The number of hydrogen-bond donors (Lipinski definition) is 1. The predicted molar refractivity (Wildman–Crippen MR) is 70.7 cm³/mol. The lowest BCUT2D eigenvalue weighted by molar-refractivity contribution is 0.113. The fourth-order valence-electron chi connectivity index (χ4n) is 2.59. The fourth-order valence-corrected chi connectivity index (χ4v) is 5.68. The van der Waals surface area contributed by atoms with Gasteiger partial charge in [0.2, 0.25) is 0 Å².